The Labute approximate surface area is 175 Å². The zero-order valence-electron chi connectivity index (χ0n) is 17.0. The Morgan fingerprint density at radius 2 is 2.00 bits per heavy atom. The van der Waals surface area contributed by atoms with E-state index in [1.165, 1.54) is 4.68 Å². The van der Waals surface area contributed by atoms with E-state index in [2.05, 4.69) is 5.10 Å². The SMILES string of the molecule is O=C(CN1CCC[C@@H](n2ncc(N3CC[C@H](O)C3)cc2=O)C1)OCc1ccccc1. The van der Waals surface area contributed by atoms with E-state index in [1.54, 1.807) is 12.3 Å². The number of aromatic nitrogens is 2. The summed E-state index contributed by atoms with van der Waals surface area (Å²) in [5.74, 6) is -0.261. The van der Waals surface area contributed by atoms with Gasteiger partial charge in [-0.3, -0.25) is 14.5 Å². The molecule has 0 amide bonds. The molecular formula is C22H28N4O4. The number of rotatable bonds is 6. The Morgan fingerprint density at radius 1 is 1.17 bits per heavy atom. The number of hydrogen-bond donors (Lipinski definition) is 1. The second kappa shape index (κ2) is 9.40. The first-order valence-corrected chi connectivity index (χ1v) is 10.5. The van der Waals surface area contributed by atoms with Crippen molar-refractivity contribution in [1.29, 1.82) is 0 Å². The number of esters is 1. The van der Waals surface area contributed by atoms with Gasteiger partial charge in [0.2, 0.25) is 0 Å². The molecule has 30 heavy (non-hydrogen) atoms. The van der Waals surface area contributed by atoms with Crippen LogP contribution in [0.4, 0.5) is 5.69 Å². The zero-order chi connectivity index (χ0) is 20.9. The van der Waals surface area contributed by atoms with E-state index in [4.69, 9.17) is 4.74 Å². The summed E-state index contributed by atoms with van der Waals surface area (Å²) in [6.45, 7) is 3.14. The maximum absolute atomic E-state index is 12.7. The number of ether oxygens (including phenoxy) is 1. The smallest absolute Gasteiger partial charge is 0.320 e. The quantitative estimate of drug-likeness (QED) is 0.713. The molecular weight excluding hydrogens is 384 g/mol. The van der Waals surface area contributed by atoms with Gasteiger partial charge in [0.1, 0.15) is 6.61 Å². The van der Waals surface area contributed by atoms with Crippen molar-refractivity contribution in [2.75, 3.05) is 37.6 Å². The minimum absolute atomic E-state index is 0.0635. The number of β-amino-alcohol motifs (C(OH)–C–C–N with tert-alkyl or cyclic N) is 1. The second-order valence-electron chi connectivity index (χ2n) is 8.06. The lowest BCUT2D eigenvalue weighted by molar-refractivity contribution is -0.146. The fourth-order valence-corrected chi connectivity index (χ4v) is 4.17. The van der Waals surface area contributed by atoms with Crippen LogP contribution >= 0.6 is 0 Å². The van der Waals surface area contributed by atoms with E-state index in [9.17, 15) is 14.7 Å². The van der Waals surface area contributed by atoms with Gasteiger partial charge >= 0.3 is 5.97 Å². The van der Waals surface area contributed by atoms with Crippen LogP contribution in [0.2, 0.25) is 0 Å². The van der Waals surface area contributed by atoms with Gasteiger partial charge in [0.25, 0.3) is 5.56 Å². The lowest BCUT2D eigenvalue weighted by Crippen LogP contribution is -2.43. The summed E-state index contributed by atoms with van der Waals surface area (Å²) >= 11 is 0. The van der Waals surface area contributed by atoms with Gasteiger partial charge in [-0.05, 0) is 31.4 Å². The van der Waals surface area contributed by atoms with Crippen LogP contribution in [0.25, 0.3) is 0 Å². The molecule has 3 heterocycles. The average molecular weight is 412 g/mol. The summed E-state index contributed by atoms with van der Waals surface area (Å²) in [4.78, 5) is 28.9. The molecule has 4 rings (SSSR count). The fraction of sp³-hybridized carbons (Fsp3) is 0.500. The molecule has 8 nitrogen and oxygen atoms in total. The molecule has 0 spiro atoms. The van der Waals surface area contributed by atoms with Crippen molar-refractivity contribution < 1.29 is 14.6 Å². The summed E-state index contributed by atoms with van der Waals surface area (Å²) in [5, 5.41) is 14.1. The van der Waals surface area contributed by atoms with Gasteiger partial charge in [-0.15, -0.1) is 0 Å². The molecule has 0 aliphatic carbocycles. The molecule has 0 radical (unpaired) electrons. The van der Waals surface area contributed by atoms with E-state index in [-0.39, 0.29) is 36.8 Å². The maximum Gasteiger partial charge on any atom is 0.320 e. The number of aliphatic hydroxyl groups is 1. The lowest BCUT2D eigenvalue weighted by Gasteiger charge is -2.32. The molecule has 2 atom stereocenters. The van der Waals surface area contributed by atoms with Crippen LogP contribution in [0.3, 0.4) is 0 Å². The highest BCUT2D eigenvalue weighted by Gasteiger charge is 2.26. The number of carbonyl (C=O) groups is 1. The number of hydrogen-bond acceptors (Lipinski definition) is 7. The van der Waals surface area contributed by atoms with Crippen molar-refractivity contribution in [3.8, 4) is 0 Å². The standard InChI is InChI=1S/C22H28N4O4/c27-20-8-10-25(14-20)19-11-21(28)26(23-12-19)18-7-4-9-24(13-18)15-22(29)30-16-17-5-2-1-3-6-17/h1-3,5-6,11-12,18,20,27H,4,7-10,13-16H2/t18-,20+/m1/s1. The molecule has 2 aliphatic heterocycles. The highest BCUT2D eigenvalue weighted by molar-refractivity contribution is 5.71. The van der Waals surface area contributed by atoms with Gasteiger partial charge in [-0.1, -0.05) is 30.3 Å². The molecule has 1 N–H and O–H groups in total. The van der Waals surface area contributed by atoms with Gasteiger partial charge in [-0.2, -0.15) is 5.10 Å². The first-order chi connectivity index (χ1) is 14.6. The largest absolute Gasteiger partial charge is 0.460 e. The predicted molar refractivity (Wildman–Crippen MR) is 112 cm³/mol. The molecule has 8 heteroatoms. The minimum Gasteiger partial charge on any atom is -0.460 e. The van der Waals surface area contributed by atoms with Gasteiger partial charge in [-0.25, -0.2) is 4.68 Å². The highest BCUT2D eigenvalue weighted by Crippen LogP contribution is 2.21. The topological polar surface area (TPSA) is 87.9 Å². The average Bonchev–Trinajstić information content (AvgIpc) is 3.19. The molecule has 0 bridgehead atoms. The van der Waals surface area contributed by atoms with Crippen molar-refractivity contribution in [3.05, 3.63) is 58.5 Å². The Bertz CT molecular complexity index is 917. The van der Waals surface area contributed by atoms with Gasteiger partial charge in [0, 0.05) is 25.7 Å². The van der Waals surface area contributed by atoms with E-state index in [0.717, 1.165) is 37.2 Å². The summed E-state index contributed by atoms with van der Waals surface area (Å²) in [5.41, 5.74) is 1.57. The van der Waals surface area contributed by atoms with E-state index in [0.29, 0.717) is 19.5 Å². The summed E-state index contributed by atoms with van der Waals surface area (Å²) in [7, 11) is 0. The van der Waals surface area contributed by atoms with Crippen LogP contribution in [0.5, 0.6) is 0 Å². The highest BCUT2D eigenvalue weighted by atomic mass is 16.5. The molecule has 160 valence electrons. The minimum atomic E-state index is -0.346. The van der Waals surface area contributed by atoms with E-state index in [1.807, 2.05) is 40.1 Å². The number of likely N-dealkylation sites (tertiary alicyclic amines) is 1. The number of piperidine rings is 1. The van der Waals surface area contributed by atoms with Gasteiger partial charge in [0.15, 0.2) is 0 Å². The van der Waals surface area contributed by atoms with Crippen LogP contribution in [-0.2, 0) is 16.1 Å². The monoisotopic (exact) mass is 412 g/mol. The summed E-state index contributed by atoms with van der Waals surface area (Å²) in [6, 6.07) is 11.1. The number of benzene rings is 1. The number of anilines is 1. The first-order valence-electron chi connectivity index (χ1n) is 10.5. The van der Waals surface area contributed by atoms with Crippen molar-refractivity contribution in [2.45, 2.75) is 38.0 Å². The molecule has 2 aromatic rings. The maximum atomic E-state index is 12.7. The molecule has 2 aliphatic rings. The Kier molecular flexibility index (Phi) is 6.44. The lowest BCUT2D eigenvalue weighted by atomic mass is 10.1. The van der Waals surface area contributed by atoms with E-state index < -0.39 is 0 Å². The molecule has 2 saturated heterocycles. The fourth-order valence-electron chi connectivity index (χ4n) is 4.17. The van der Waals surface area contributed by atoms with Crippen molar-refractivity contribution in [3.63, 3.8) is 0 Å². The van der Waals surface area contributed by atoms with E-state index >= 15 is 0 Å². The van der Waals surface area contributed by atoms with Crippen LogP contribution in [-0.4, -0.2) is 64.6 Å². The second-order valence-corrected chi connectivity index (χ2v) is 8.06. The molecule has 2 fully saturated rings. The third-order valence-electron chi connectivity index (χ3n) is 5.76. The van der Waals surface area contributed by atoms with Crippen molar-refractivity contribution in [2.24, 2.45) is 0 Å². The first kappa shape index (κ1) is 20.6. The number of nitrogens with zero attached hydrogens (tertiary/aromatic N) is 4. The van der Waals surface area contributed by atoms with Gasteiger partial charge < -0.3 is 14.7 Å². The van der Waals surface area contributed by atoms with Gasteiger partial charge in [0.05, 0.1) is 30.6 Å². The third-order valence-corrected chi connectivity index (χ3v) is 5.76. The van der Waals surface area contributed by atoms with Crippen molar-refractivity contribution in [1.82, 2.24) is 14.7 Å². The molecule has 0 unspecified atom stereocenters. The molecule has 0 saturated carbocycles. The summed E-state index contributed by atoms with van der Waals surface area (Å²) < 4.78 is 6.91. The Morgan fingerprint density at radius 3 is 2.73 bits per heavy atom. The van der Waals surface area contributed by atoms with Crippen LogP contribution in [0.15, 0.2) is 47.4 Å². The number of carbonyl (C=O) groups excluding carboxylic acids is 1. The van der Waals surface area contributed by atoms with Crippen LogP contribution in [0, 0.1) is 0 Å². The van der Waals surface area contributed by atoms with Crippen molar-refractivity contribution >= 4 is 11.7 Å². The normalized spacial score (nSPS) is 22.2. The van der Waals surface area contributed by atoms with Crippen LogP contribution in [0.1, 0.15) is 30.9 Å². The summed E-state index contributed by atoms with van der Waals surface area (Å²) in [6.07, 6.45) is 3.81. The third kappa shape index (κ3) is 5.06. The Hall–Kier alpha value is -2.71. The molecule has 1 aromatic carbocycles. The zero-order valence-corrected chi connectivity index (χ0v) is 17.0. The molecule has 1 aromatic heterocycles. The predicted octanol–water partition coefficient (Wildman–Crippen LogP) is 1.19. The van der Waals surface area contributed by atoms with Crippen LogP contribution < -0.4 is 10.5 Å². The number of aliphatic hydroxyl groups excluding tert-OH is 1. The Balaban J connectivity index is 1.33.